The van der Waals surface area contributed by atoms with Gasteiger partial charge in [0.05, 0.1) is 12.2 Å². The third-order valence-corrected chi connectivity index (χ3v) is 3.03. The molecule has 0 saturated heterocycles. The van der Waals surface area contributed by atoms with E-state index in [9.17, 15) is 0 Å². The zero-order valence-corrected chi connectivity index (χ0v) is 8.37. The molecule has 0 aromatic heterocycles. The monoisotopic (exact) mass is 181 g/mol. The SMILES string of the molecule is CC(O)CC[C@H](C#N)C1CCCC1. The molecule has 1 aliphatic carbocycles. The summed E-state index contributed by atoms with van der Waals surface area (Å²) >= 11 is 0. The summed E-state index contributed by atoms with van der Waals surface area (Å²) in [4.78, 5) is 0. The van der Waals surface area contributed by atoms with E-state index in [1.807, 2.05) is 0 Å². The number of rotatable bonds is 4. The van der Waals surface area contributed by atoms with Gasteiger partial charge in [-0.2, -0.15) is 5.26 Å². The second-order valence-electron chi connectivity index (χ2n) is 4.21. The Morgan fingerprint density at radius 3 is 2.46 bits per heavy atom. The molecule has 1 N–H and O–H groups in total. The van der Waals surface area contributed by atoms with Crippen LogP contribution in [0.5, 0.6) is 0 Å². The molecule has 1 saturated carbocycles. The van der Waals surface area contributed by atoms with Gasteiger partial charge in [0.2, 0.25) is 0 Å². The lowest BCUT2D eigenvalue weighted by atomic mass is 9.88. The van der Waals surface area contributed by atoms with Crippen LogP contribution in [0.4, 0.5) is 0 Å². The van der Waals surface area contributed by atoms with Crippen LogP contribution in [-0.4, -0.2) is 11.2 Å². The standard InChI is InChI=1S/C11H19NO/c1-9(13)6-7-11(8-12)10-4-2-3-5-10/h9-11,13H,2-7H2,1H3/t9?,11-/m1/s1. The summed E-state index contributed by atoms with van der Waals surface area (Å²) in [6.07, 6.45) is 6.41. The molecule has 1 aliphatic rings. The summed E-state index contributed by atoms with van der Waals surface area (Å²) in [5.41, 5.74) is 0. The Morgan fingerprint density at radius 2 is 2.00 bits per heavy atom. The third kappa shape index (κ3) is 3.36. The topological polar surface area (TPSA) is 44.0 Å². The van der Waals surface area contributed by atoms with Crippen molar-refractivity contribution in [3.05, 3.63) is 0 Å². The molecule has 13 heavy (non-hydrogen) atoms. The molecule has 0 radical (unpaired) electrons. The van der Waals surface area contributed by atoms with Crippen molar-refractivity contribution in [3.8, 4) is 6.07 Å². The van der Waals surface area contributed by atoms with Gasteiger partial charge in [-0.05, 0) is 38.5 Å². The zero-order chi connectivity index (χ0) is 9.68. The van der Waals surface area contributed by atoms with Crippen LogP contribution in [0.25, 0.3) is 0 Å². The molecule has 0 bridgehead atoms. The average molecular weight is 181 g/mol. The van der Waals surface area contributed by atoms with Crippen LogP contribution < -0.4 is 0 Å². The Balaban J connectivity index is 2.30. The predicted octanol–water partition coefficient (Wildman–Crippen LogP) is 2.48. The minimum absolute atomic E-state index is 0.192. The van der Waals surface area contributed by atoms with Gasteiger partial charge in [0.25, 0.3) is 0 Å². The summed E-state index contributed by atoms with van der Waals surface area (Å²) in [6, 6.07) is 2.39. The molecule has 0 aromatic rings. The minimum atomic E-state index is -0.253. The highest BCUT2D eigenvalue weighted by molar-refractivity contribution is 4.90. The molecular weight excluding hydrogens is 162 g/mol. The lowest BCUT2D eigenvalue weighted by Gasteiger charge is -2.16. The zero-order valence-electron chi connectivity index (χ0n) is 8.37. The van der Waals surface area contributed by atoms with Gasteiger partial charge in [-0.25, -0.2) is 0 Å². The van der Waals surface area contributed by atoms with Crippen molar-refractivity contribution >= 4 is 0 Å². The number of aliphatic hydroxyl groups is 1. The van der Waals surface area contributed by atoms with Crippen molar-refractivity contribution in [1.29, 1.82) is 5.26 Å². The Kier molecular flexibility index (Phi) is 4.24. The normalized spacial score (nSPS) is 22.5. The maximum absolute atomic E-state index is 9.13. The lowest BCUT2D eigenvalue weighted by Crippen LogP contribution is -2.12. The van der Waals surface area contributed by atoms with Crippen molar-refractivity contribution in [2.24, 2.45) is 11.8 Å². The van der Waals surface area contributed by atoms with Gasteiger partial charge in [0.1, 0.15) is 0 Å². The second-order valence-corrected chi connectivity index (χ2v) is 4.21. The Labute approximate surface area is 80.6 Å². The molecule has 2 nitrogen and oxygen atoms in total. The summed E-state index contributed by atoms with van der Waals surface area (Å²) in [6.45, 7) is 1.79. The molecule has 1 rings (SSSR count). The summed E-state index contributed by atoms with van der Waals surface area (Å²) in [5, 5.41) is 18.1. The number of hydrogen-bond acceptors (Lipinski definition) is 2. The Morgan fingerprint density at radius 1 is 1.38 bits per heavy atom. The highest BCUT2D eigenvalue weighted by atomic mass is 16.3. The molecule has 0 amide bonds. The molecular formula is C11H19NO. The highest BCUT2D eigenvalue weighted by Crippen LogP contribution is 2.33. The van der Waals surface area contributed by atoms with Crippen LogP contribution in [0, 0.1) is 23.2 Å². The van der Waals surface area contributed by atoms with E-state index >= 15 is 0 Å². The van der Waals surface area contributed by atoms with Crippen molar-refractivity contribution in [2.45, 2.75) is 51.6 Å². The number of nitriles is 1. The third-order valence-electron chi connectivity index (χ3n) is 3.03. The fourth-order valence-corrected chi connectivity index (χ4v) is 2.19. The smallest absolute Gasteiger partial charge is 0.0658 e. The van der Waals surface area contributed by atoms with Gasteiger partial charge in [-0.1, -0.05) is 12.8 Å². The Hall–Kier alpha value is -0.550. The number of hydrogen-bond donors (Lipinski definition) is 1. The fraction of sp³-hybridized carbons (Fsp3) is 0.909. The predicted molar refractivity (Wildman–Crippen MR) is 52.0 cm³/mol. The van der Waals surface area contributed by atoms with E-state index < -0.39 is 0 Å². The van der Waals surface area contributed by atoms with Crippen LogP contribution in [0.1, 0.15) is 45.4 Å². The molecule has 74 valence electrons. The minimum Gasteiger partial charge on any atom is -0.393 e. The van der Waals surface area contributed by atoms with Gasteiger partial charge < -0.3 is 5.11 Å². The number of nitrogens with zero attached hydrogens (tertiary/aromatic N) is 1. The average Bonchev–Trinajstić information content (AvgIpc) is 2.58. The lowest BCUT2D eigenvalue weighted by molar-refractivity contribution is 0.171. The summed E-state index contributed by atoms with van der Waals surface area (Å²) < 4.78 is 0. The van der Waals surface area contributed by atoms with Gasteiger partial charge >= 0.3 is 0 Å². The van der Waals surface area contributed by atoms with Gasteiger partial charge in [-0.15, -0.1) is 0 Å². The van der Waals surface area contributed by atoms with Crippen LogP contribution in [0.15, 0.2) is 0 Å². The Bertz CT molecular complexity index is 177. The van der Waals surface area contributed by atoms with Crippen molar-refractivity contribution < 1.29 is 5.11 Å². The summed E-state index contributed by atoms with van der Waals surface area (Å²) in [7, 11) is 0. The second kappa shape index (κ2) is 5.24. The van der Waals surface area contributed by atoms with Crippen molar-refractivity contribution in [1.82, 2.24) is 0 Å². The fourth-order valence-electron chi connectivity index (χ4n) is 2.19. The van der Waals surface area contributed by atoms with Crippen molar-refractivity contribution in [3.63, 3.8) is 0 Å². The molecule has 0 heterocycles. The van der Waals surface area contributed by atoms with Crippen LogP contribution in [0.3, 0.4) is 0 Å². The van der Waals surface area contributed by atoms with E-state index in [4.69, 9.17) is 10.4 Å². The van der Waals surface area contributed by atoms with Gasteiger partial charge in [-0.3, -0.25) is 0 Å². The van der Waals surface area contributed by atoms with Gasteiger partial charge in [0, 0.05) is 5.92 Å². The van der Waals surface area contributed by atoms with Crippen LogP contribution in [0.2, 0.25) is 0 Å². The first-order valence-corrected chi connectivity index (χ1v) is 5.31. The molecule has 1 fully saturated rings. The van der Waals surface area contributed by atoms with E-state index in [1.165, 1.54) is 25.7 Å². The van der Waals surface area contributed by atoms with E-state index in [2.05, 4.69) is 6.07 Å². The van der Waals surface area contributed by atoms with Crippen LogP contribution in [-0.2, 0) is 0 Å². The van der Waals surface area contributed by atoms with E-state index in [1.54, 1.807) is 6.92 Å². The van der Waals surface area contributed by atoms with Crippen LogP contribution >= 0.6 is 0 Å². The first-order valence-electron chi connectivity index (χ1n) is 5.31. The van der Waals surface area contributed by atoms with Gasteiger partial charge in [0.15, 0.2) is 0 Å². The van der Waals surface area contributed by atoms with E-state index in [0.717, 1.165) is 12.8 Å². The molecule has 2 heteroatoms. The molecule has 0 aromatic carbocycles. The van der Waals surface area contributed by atoms with E-state index in [0.29, 0.717) is 5.92 Å². The quantitative estimate of drug-likeness (QED) is 0.724. The largest absolute Gasteiger partial charge is 0.393 e. The first kappa shape index (κ1) is 10.5. The number of aliphatic hydroxyl groups excluding tert-OH is 1. The first-order chi connectivity index (χ1) is 6.24. The molecule has 1 unspecified atom stereocenters. The van der Waals surface area contributed by atoms with Crippen molar-refractivity contribution in [2.75, 3.05) is 0 Å². The maximum atomic E-state index is 9.13. The molecule has 0 spiro atoms. The highest BCUT2D eigenvalue weighted by Gasteiger charge is 2.24. The maximum Gasteiger partial charge on any atom is 0.0658 e. The summed E-state index contributed by atoms with van der Waals surface area (Å²) in [5.74, 6) is 0.806. The molecule has 2 atom stereocenters. The molecule has 0 aliphatic heterocycles. The van der Waals surface area contributed by atoms with E-state index in [-0.39, 0.29) is 12.0 Å².